The molecule has 1 aromatic carbocycles. The van der Waals surface area contributed by atoms with E-state index in [1.54, 1.807) is 0 Å². The van der Waals surface area contributed by atoms with Crippen LogP contribution in [0.3, 0.4) is 0 Å². The summed E-state index contributed by atoms with van der Waals surface area (Å²) in [6.45, 7) is 0. The van der Waals surface area contributed by atoms with E-state index in [4.69, 9.17) is 11.6 Å². The minimum Gasteiger partial charge on any atom is -0.464 e. The van der Waals surface area contributed by atoms with Crippen molar-refractivity contribution in [3.05, 3.63) is 52.7 Å². The van der Waals surface area contributed by atoms with Crippen molar-refractivity contribution in [3.63, 3.8) is 0 Å². The molecule has 1 heterocycles. The number of hydrogen-bond donors (Lipinski definition) is 0. The van der Waals surface area contributed by atoms with E-state index in [1.165, 1.54) is 31.4 Å². The number of esters is 1. The normalized spacial score (nSPS) is 11.3. The first-order chi connectivity index (χ1) is 9.82. The summed E-state index contributed by atoms with van der Waals surface area (Å²) < 4.78 is 42.0. The van der Waals surface area contributed by atoms with Crippen molar-refractivity contribution in [1.29, 1.82) is 0 Å². The van der Waals surface area contributed by atoms with Crippen LogP contribution in [0.25, 0.3) is 11.3 Å². The highest BCUT2D eigenvalue weighted by Crippen LogP contribution is 2.31. The number of alkyl halides is 3. The van der Waals surface area contributed by atoms with Crippen LogP contribution >= 0.6 is 11.6 Å². The Morgan fingerprint density at radius 2 is 1.76 bits per heavy atom. The average Bonchev–Trinajstić information content (AvgIpc) is 2.46. The second-order valence-electron chi connectivity index (χ2n) is 4.09. The van der Waals surface area contributed by atoms with Crippen LogP contribution in [-0.2, 0) is 10.9 Å². The molecular formula is C14H9ClF3NO2. The van der Waals surface area contributed by atoms with Gasteiger partial charge in [0, 0.05) is 5.56 Å². The number of hydrogen-bond acceptors (Lipinski definition) is 3. The van der Waals surface area contributed by atoms with Crippen molar-refractivity contribution in [2.75, 3.05) is 7.11 Å². The zero-order valence-electron chi connectivity index (χ0n) is 10.7. The maximum absolute atomic E-state index is 12.5. The number of carbonyl (C=O) groups is 1. The highest BCUT2D eigenvalue weighted by atomic mass is 35.5. The van der Waals surface area contributed by atoms with Crippen LogP contribution in [-0.4, -0.2) is 18.1 Å². The van der Waals surface area contributed by atoms with Gasteiger partial charge in [0.2, 0.25) is 0 Å². The summed E-state index contributed by atoms with van der Waals surface area (Å²) in [5.41, 5.74) is -0.0803. The first-order valence-electron chi connectivity index (χ1n) is 5.75. The summed E-state index contributed by atoms with van der Waals surface area (Å²) in [7, 11) is 1.19. The van der Waals surface area contributed by atoms with Gasteiger partial charge in [-0.05, 0) is 24.3 Å². The summed E-state index contributed by atoms with van der Waals surface area (Å²) in [5.74, 6) is -0.714. The SMILES string of the molecule is COC(=O)c1nc(-c2ccc(C(F)(F)F)cc2)ccc1Cl. The van der Waals surface area contributed by atoms with Crippen LogP contribution < -0.4 is 0 Å². The fourth-order valence-corrected chi connectivity index (χ4v) is 1.86. The lowest BCUT2D eigenvalue weighted by atomic mass is 10.1. The molecule has 3 nitrogen and oxygen atoms in total. The lowest BCUT2D eigenvalue weighted by molar-refractivity contribution is -0.137. The third-order valence-corrected chi connectivity index (χ3v) is 3.04. The van der Waals surface area contributed by atoms with E-state index in [-0.39, 0.29) is 10.7 Å². The molecule has 0 radical (unpaired) electrons. The Balaban J connectivity index is 2.41. The van der Waals surface area contributed by atoms with Crippen molar-refractivity contribution in [2.45, 2.75) is 6.18 Å². The standard InChI is InChI=1S/C14H9ClF3NO2/c1-21-13(20)12-10(15)6-7-11(19-12)8-2-4-9(5-3-8)14(16,17)18/h2-7H,1H3. The van der Waals surface area contributed by atoms with E-state index >= 15 is 0 Å². The van der Waals surface area contributed by atoms with Crippen LogP contribution in [0.5, 0.6) is 0 Å². The zero-order valence-corrected chi connectivity index (χ0v) is 11.5. The number of nitrogens with zero attached hydrogens (tertiary/aromatic N) is 1. The van der Waals surface area contributed by atoms with Gasteiger partial charge < -0.3 is 4.74 Å². The topological polar surface area (TPSA) is 39.2 Å². The van der Waals surface area contributed by atoms with Gasteiger partial charge in [-0.15, -0.1) is 0 Å². The maximum atomic E-state index is 12.5. The molecular weight excluding hydrogens is 307 g/mol. The Labute approximate surface area is 123 Å². The van der Waals surface area contributed by atoms with E-state index in [0.29, 0.717) is 11.3 Å². The first kappa shape index (κ1) is 15.3. The van der Waals surface area contributed by atoms with Gasteiger partial charge in [-0.3, -0.25) is 0 Å². The highest BCUT2D eigenvalue weighted by molar-refractivity contribution is 6.33. The molecule has 7 heteroatoms. The second-order valence-corrected chi connectivity index (χ2v) is 4.50. The smallest absolute Gasteiger partial charge is 0.416 e. The van der Waals surface area contributed by atoms with Gasteiger partial charge in [0.1, 0.15) is 0 Å². The molecule has 0 N–H and O–H groups in total. The second kappa shape index (κ2) is 5.73. The Kier molecular flexibility index (Phi) is 4.18. The molecule has 21 heavy (non-hydrogen) atoms. The molecule has 2 aromatic rings. The van der Waals surface area contributed by atoms with Gasteiger partial charge in [-0.25, -0.2) is 9.78 Å². The number of halogens is 4. The van der Waals surface area contributed by atoms with Crippen molar-refractivity contribution in [3.8, 4) is 11.3 Å². The minimum absolute atomic E-state index is 0.0865. The first-order valence-corrected chi connectivity index (χ1v) is 6.13. The summed E-state index contributed by atoms with van der Waals surface area (Å²) in [6, 6.07) is 7.40. The molecule has 110 valence electrons. The lowest BCUT2D eigenvalue weighted by Gasteiger charge is -2.08. The van der Waals surface area contributed by atoms with E-state index in [1.807, 2.05) is 0 Å². The van der Waals surface area contributed by atoms with Gasteiger partial charge in [0.15, 0.2) is 5.69 Å². The average molecular weight is 316 g/mol. The molecule has 2 rings (SSSR count). The molecule has 0 bridgehead atoms. The van der Waals surface area contributed by atoms with Crippen molar-refractivity contribution < 1.29 is 22.7 Å². The highest BCUT2D eigenvalue weighted by Gasteiger charge is 2.30. The number of aromatic nitrogens is 1. The van der Waals surface area contributed by atoms with Crippen LogP contribution in [0.15, 0.2) is 36.4 Å². The van der Waals surface area contributed by atoms with Crippen molar-refractivity contribution in [1.82, 2.24) is 4.98 Å². The van der Waals surface area contributed by atoms with Crippen molar-refractivity contribution in [2.24, 2.45) is 0 Å². The van der Waals surface area contributed by atoms with E-state index in [0.717, 1.165) is 12.1 Å². The molecule has 0 saturated carbocycles. The van der Waals surface area contributed by atoms with Crippen LogP contribution in [0.1, 0.15) is 16.1 Å². The number of pyridine rings is 1. The number of carbonyl (C=O) groups excluding carboxylic acids is 1. The number of methoxy groups -OCH3 is 1. The molecule has 0 fully saturated rings. The monoisotopic (exact) mass is 315 g/mol. The minimum atomic E-state index is -4.40. The van der Waals surface area contributed by atoms with Gasteiger partial charge in [0.25, 0.3) is 0 Å². The van der Waals surface area contributed by atoms with Gasteiger partial charge in [-0.1, -0.05) is 23.7 Å². The molecule has 0 aliphatic heterocycles. The quantitative estimate of drug-likeness (QED) is 0.779. The molecule has 1 aromatic heterocycles. The van der Waals surface area contributed by atoms with Gasteiger partial charge >= 0.3 is 12.1 Å². The van der Waals surface area contributed by atoms with Gasteiger partial charge in [0.05, 0.1) is 23.4 Å². The maximum Gasteiger partial charge on any atom is 0.416 e. The van der Waals surface area contributed by atoms with E-state index in [9.17, 15) is 18.0 Å². The van der Waals surface area contributed by atoms with Crippen LogP contribution in [0.4, 0.5) is 13.2 Å². The third kappa shape index (κ3) is 3.33. The Bertz CT molecular complexity index is 669. The molecule has 0 aliphatic rings. The summed E-state index contributed by atoms with van der Waals surface area (Å²) in [6.07, 6.45) is -4.40. The fourth-order valence-electron chi connectivity index (χ4n) is 1.67. The Hall–Kier alpha value is -2.08. The molecule has 0 unspecified atom stereocenters. The Morgan fingerprint density at radius 1 is 1.14 bits per heavy atom. The molecule has 0 amide bonds. The largest absolute Gasteiger partial charge is 0.464 e. The summed E-state index contributed by atoms with van der Waals surface area (Å²) >= 11 is 5.83. The lowest BCUT2D eigenvalue weighted by Crippen LogP contribution is -2.06. The predicted molar refractivity (Wildman–Crippen MR) is 71.0 cm³/mol. The molecule has 0 saturated heterocycles. The molecule has 0 spiro atoms. The molecule has 0 aliphatic carbocycles. The number of ether oxygens (including phenoxy) is 1. The third-order valence-electron chi connectivity index (χ3n) is 2.73. The predicted octanol–water partition coefficient (Wildman–Crippen LogP) is 4.21. The number of benzene rings is 1. The number of rotatable bonds is 2. The van der Waals surface area contributed by atoms with Gasteiger partial charge in [-0.2, -0.15) is 13.2 Å². The summed E-state index contributed by atoms with van der Waals surface area (Å²) in [5, 5.41) is 0.109. The van der Waals surface area contributed by atoms with Crippen LogP contribution in [0, 0.1) is 0 Å². The van der Waals surface area contributed by atoms with E-state index < -0.39 is 17.7 Å². The van der Waals surface area contributed by atoms with E-state index in [2.05, 4.69) is 9.72 Å². The molecule has 0 atom stereocenters. The Morgan fingerprint density at radius 3 is 2.29 bits per heavy atom. The van der Waals surface area contributed by atoms with Crippen molar-refractivity contribution >= 4 is 17.6 Å². The summed E-state index contributed by atoms with van der Waals surface area (Å²) in [4.78, 5) is 15.5. The zero-order chi connectivity index (χ0) is 15.6. The fraction of sp³-hybridized carbons (Fsp3) is 0.143. The van der Waals surface area contributed by atoms with Crippen LogP contribution in [0.2, 0.25) is 5.02 Å².